The van der Waals surface area contributed by atoms with Gasteiger partial charge in [0.2, 0.25) is 0 Å². The Hall–Kier alpha value is -2.05. The van der Waals surface area contributed by atoms with Crippen LogP contribution in [-0.2, 0) is 16.1 Å². The Labute approximate surface area is 105 Å². The van der Waals surface area contributed by atoms with E-state index >= 15 is 0 Å². The van der Waals surface area contributed by atoms with Crippen molar-refractivity contribution >= 4 is 17.6 Å². The van der Waals surface area contributed by atoms with Gasteiger partial charge in [0.15, 0.2) is 11.8 Å². The molecule has 0 radical (unpaired) electrons. The van der Waals surface area contributed by atoms with Gasteiger partial charge < -0.3 is 15.8 Å². The number of carbonyl (C=O) groups is 2. The number of likely N-dealkylation sites (N-methyl/N-ethyl adjacent to an activating group) is 1. The first-order chi connectivity index (χ1) is 8.42. The molecule has 0 bridgehead atoms. The number of anilines is 1. The average Bonchev–Trinajstić information content (AvgIpc) is 2.63. The van der Waals surface area contributed by atoms with Crippen molar-refractivity contribution in [2.24, 2.45) is 0 Å². The molecule has 0 aliphatic carbocycles. The highest BCUT2D eigenvalue weighted by molar-refractivity contribution is 5.95. The highest BCUT2D eigenvalue weighted by atomic mass is 16.5. The molecule has 0 aliphatic rings. The van der Waals surface area contributed by atoms with Crippen LogP contribution in [0.5, 0.6) is 0 Å². The first kappa shape index (κ1) is 14.0. The third-order valence-electron chi connectivity index (χ3n) is 2.57. The summed E-state index contributed by atoms with van der Waals surface area (Å²) in [6.07, 6.45) is -0.873. The number of ether oxygens (including phenoxy) is 1. The van der Waals surface area contributed by atoms with E-state index in [2.05, 4.69) is 10.4 Å². The highest BCUT2D eigenvalue weighted by Crippen LogP contribution is 2.18. The van der Waals surface area contributed by atoms with Crippen LogP contribution in [0.15, 0.2) is 0 Å². The van der Waals surface area contributed by atoms with Crippen LogP contribution in [0, 0.1) is 6.92 Å². The molecule has 1 aromatic heterocycles. The van der Waals surface area contributed by atoms with E-state index in [0.717, 1.165) is 0 Å². The third-order valence-corrected chi connectivity index (χ3v) is 2.57. The summed E-state index contributed by atoms with van der Waals surface area (Å²) in [5.74, 6) is -1.02. The molecule has 7 nitrogen and oxygen atoms in total. The highest BCUT2D eigenvalue weighted by Gasteiger charge is 2.24. The molecule has 1 atom stereocenters. The van der Waals surface area contributed by atoms with Crippen LogP contribution in [0.1, 0.15) is 30.0 Å². The van der Waals surface area contributed by atoms with Crippen molar-refractivity contribution in [3.8, 4) is 0 Å². The molecular weight excluding hydrogens is 236 g/mol. The average molecular weight is 254 g/mol. The molecule has 1 aromatic rings. The van der Waals surface area contributed by atoms with Gasteiger partial charge in [-0.05, 0) is 20.8 Å². The first-order valence-corrected chi connectivity index (χ1v) is 5.67. The lowest BCUT2D eigenvalue weighted by molar-refractivity contribution is -0.128. The van der Waals surface area contributed by atoms with E-state index in [4.69, 9.17) is 10.5 Å². The topological polar surface area (TPSA) is 99.2 Å². The minimum atomic E-state index is -0.873. The summed E-state index contributed by atoms with van der Waals surface area (Å²) in [5.41, 5.74) is 6.81. The summed E-state index contributed by atoms with van der Waals surface area (Å²) in [5, 5.41) is 6.51. The summed E-state index contributed by atoms with van der Waals surface area (Å²) >= 11 is 0. The standard InChI is InChI=1S/C11H18N4O3/c1-5-15-9(8(12)6(2)14-15)11(17)18-7(3)10(16)13-4/h7H,5,12H2,1-4H3,(H,13,16). The molecule has 0 fully saturated rings. The zero-order chi connectivity index (χ0) is 13.9. The van der Waals surface area contributed by atoms with Crippen LogP contribution in [0.25, 0.3) is 0 Å². The Bertz CT molecular complexity index is 467. The van der Waals surface area contributed by atoms with Crippen molar-refractivity contribution in [3.05, 3.63) is 11.4 Å². The van der Waals surface area contributed by atoms with E-state index in [9.17, 15) is 9.59 Å². The second kappa shape index (κ2) is 5.52. The maximum Gasteiger partial charge on any atom is 0.359 e. The number of nitrogens with zero attached hydrogens (tertiary/aromatic N) is 2. The number of carbonyl (C=O) groups excluding carboxylic acids is 2. The van der Waals surface area contributed by atoms with E-state index in [1.165, 1.54) is 18.7 Å². The van der Waals surface area contributed by atoms with Crippen molar-refractivity contribution in [1.82, 2.24) is 15.1 Å². The van der Waals surface area contributed by atoms with E-state index < -0.39 is 12.1 Å². The smallest absolute Gasteiger partial charge is 0.359 e. The number of amides is 1. The number of nitrogens with one attached hydrogen (secondary N) is 1. The molecule has 0 aromatic carbocycles. The number of hydrogen-bond donors (Lipinski definition) is 2. The molecular formula is C11H18N4O3. The molecule has 1 rings (SSSR count). The van der Waals surface area contributed by atoms with Gasteiger partial charge in [-0.3, -0.25) is 9.48 Å². The summed E-state index contributed by atoms with van der Waals surface area (Å²) in [7, 11) is 1.47. The SMILES string of the molecule is CCn1nc(C)c(N)c1C(=O)OC(C)C(=O)NC. The first-order valence-electron chi connectivity index (χ1n) is 5.67. The number of rotatable bonds is 4. The van der Waals surface area contributed by atoms with E-state index in [0.29, 0.717) is 12.2 Å². The molecule has 1 amide bonds. The Morgan fingerprint density at radius 3 is 2.67 bits per heavy atom. The Kier molecular flexibility index (Phi) is 4.30. The molecule has 1 unspecified atom stereocenters. The van der Waals surface area contributed by atoms with E-state index in [1.54, 1.807) is 6.92 Å². The van der Waals surface area contributed by atoms with Crippen molar-refractivity contribution < 1.29 is 14.3 Å². The largest absolute Gasteiger partial charge is 0.448 e. The van der Waals surface area contributed by atoms with Gasteiger partial charge in [-0.1, -0.05) is 0 Å². The third kappa shape index (κ3) is 2.61. The van der Waals surface area contributed by atoms with Crippen LogP contribution in [0.4, 0.5) is 5.69 Å². The molecule has 18 heavy (non-hydrogen) atoms. The zero-order valence-electron chi connectivity index (χ0n) is 11.0. The van der Waals surface area contributed by atoms with Gasteiger partial charge in [-0.2, -0.15) is 5.10 Å². The summed E-state index contributed by atoms with van der Waals surface area (Å²) in [6, 6.07) is 0. The van der Waals surface area contributed by atoms with Crippen LogP contribution < -0.4 is 11.1 Å². The van der Waals surface area contributed by atoms with Gasteiger partial charge in [0.1, 0.15) is 0 Å². The van der Waals surface area contributed by atoms with Gasteiger partial charge in [0, 0.05) is 13.6 Å². The fraction of sp³-hybridized carbons (Fsp3) is 0.545. The lowest BCUT2D eigenvalue weighted by Crippen LogP contribution is -2.34. The molecule has 7 heteroatoms. The fourth-order valence-electron chi connectivity index (χ4n) is 1.51. The molecule has 0 aliphatic heterocycles. The van der Waals surface area contributed by atoms with Crippen LogP contribution >= 0.6 is 0 Å². The number of esters is 1. The zero-order valence-corrected chi connectivity index (χ0v) is 11.0. The second-order valence-corrected chi connectivity index (χ2v) is 3.83. The molecule has 0 saturated carbocycles. The van der Waals surface area contributed by atoms with Crippen molar-refractivity contribution in [2.45, 2.75) is 33.4 Å². The van der Waals surface area contributed by atoms with Gasteiger partial charge >= 0.3 is 5.97 Å². The second-order valence-electron chi connectivity index (χ2n) is 3.83. The lowest BCUT2D eigenvalue weighted by atomic mass is 10.3. The normalized spacial score (nSPS) is 12.0. The van der Waals surface area contributed by atoms with Gasteiger partial charge in [-0.25, -0.2) is 4.79 Å². The van der Waals surface area contributed by atoms with Crippen molar-refractivity contribution in [1.29, 1.82) is 0 Å². The fourth-order valence-corrected chi connectivity index (χ4v) is 1.51. The quantitative estimate of drug-likeness (QED) is 0.741. The monoisotopic (exact) mass is 254 g/mol. The molecule has 0 saturated heterocycles. The van der Waals surface area contributed by atoms with Crippen molar-refractivity contribution in [3.63, 3.8) is 0 Å². The number of nitrogen functional groups attached to an aromatic ring is 1. The molecule has 1 heterocycles. The molecule has 3 N–H and O–H groups in total. The summed E-state index contributed by atoms with van der Waals surface area (Å²) in [4.78, 5) is 23.2. The van der Waals surface area contributed by atoms with Crippen LogP contribution in [-0.4, -0.2) is 34.8 Å². The predicted octanol–water partition coefficient (Wildman–Crippen LogP) is 0.0849. The van der Waals surface area contributed by atoms with Gasteiger partial charge in [0.05, 0.1) is 11.4 Å². The van der Waals surface area contributed by atoms with Crippen LogP contribution in [0.2, 0.25) is 0 Å². The number of nitrogens with two attached hydrogens (primary N) is 1. The predicted molar refractivity (Wildman–Crippen MR) is 66.0 cm³/mol. The summed E-state index contributed by atoms with van der Waals surface area (Å²) < 4.78 is 6.50. The molecule has 100 valence electrons. The molecule has 0 spiro atoms. The Morgan fingerprint density at radius 2 is 2.17 bits per heavy atom. The van der Waals surface area contributed by atoms with E-state index in [-0.39, 0.29) is 17.3 Å². The number of aryl methyl sites for hydroxylation is 2. The Balaban J connectivity index is 2.94. The minimum Gasteiger partial charge on any atom is -0.448 e. The van der Waals surface area contributed by atoms with Crippen molar-refractivity contribution in [2.75, 3.05) is 12.8 Å². The van der Waals surface area contributed by atoms with E-state index in [1.807, 2.05) is 6.92 Å². The lowest BCUT2D eigenvalue weighted by Gasteiger charge is -2.12. The number of hydrogen-bond acceptors (Lipinski definition) is 5. The number of aromatic nitrogens is 2. The maximum atomic E-state index is 11.9. The van der Waals surface area contributed by atoms with Crippen LogP contribution in [0.3, 0.4) is 0 Å². The Morgan fingerprint density at radius 1 is 1.56 bits per heavy atom. The summed E-state index contributed by atoms with van der Waals surface area (Å²) in [6.45, 7) is 5.54. The van der Waals surface area contributed by atoms with Gasteiger partial charge in [-0.15, -0.1) is 0 Å². The maximum absolute atomic E-state index is 11.9. The minimum absolute atomic E-state index is 0.186. The van der Waals surface area contributed by atoms with Gasteiger partial charge in [0.25, 0.3) is 5.91 Å².